The number of fused-ring (bicyclic) bond motifs is 1. The number of carbonyl (C=O) groups is 1. The van der Waals surface area contributed by atoms with Crippen LogP contribution in [0.25, 0.3) is 10.2 Å². The number of thiazole rings is 1. The maximum atomic E-state index is 13.2. The summed E-state index contributed by atoms with van der Waals surface area (Å²) in [7, 11) is 1.73. The van der Waals surface area contributed by atoms with Crippen molar-refractivity contribution in [2.24, 2.45) is 0 Å². The van der Waals surface area contributed by atoms with Crippen LogP contribution in [0, 0.1) is 11.6 Å². The molecular formula is C18H16F2N2OS2. The highest BCUT2D eigenvalue weighted by Crippen LogP contribution is 2.29. The van der Waals surface area contributed by atoms with Crippen molar-refractivity contribution in [1.29, 1.82) is 0 Å². The molecule has 1 heterocycles. The summed E-state index contributed by atoms with van der Waals surface area (Å²) in [5, 5.41) is 0.870. The van der Waals surface area contributed by atoms with Crippen molar-refractivity contribution in [3.05, 3.63) is 59.1 Å². The Kier molecular flexibility index (Phi) is 5.34. The van der Waals surface area contributed by atoms with Gasteiger partial charge in [-0.15, -0.1) is 23.1 Å². The highest BCUT2D eigenvalue weighted by atomic mass is 32.2. The van der Waals surface area contributed by atoms with Crippen LogP contribution in [-0.4, -0.2) is 28.6 Å². The van der Waals surface area contributed by atoms with E-state index < -0.39 is 11.6 Å². The maximum absolute atomic E-state index is 13.2. The van der Waals surface area contributed by atoms with Gasteiger partial charge in [-0.3, -0.25) is 4.79 Å². The maximum Gasteiger partial charge on any atom is 0.233 e. The summed E-state index contributed by atoms with van der Waals surface area (Å²) < 4.78 is 27.2. The zero-order valence-corrected chi connectivity index (χ0v) is 15.3. The van der Waals surface area contributed by atoms with Crippen LogP contribution >= 0.6 is 23.1 Å². The lowest BCUT2D eigenvalue weighted by atomic mass is 10.3. The van der Waals surface area contributed by atoms with Gasteiger partial charge in [-0.2, -0.15) is 0 Å². The van der Waals surface area contributed by atoms with E-state index in [0.717, 1.165) is 27.4 Å². The molecule has 0 unspecified atom stereocenters. The summed E-state index contributed by atoms with van der Waals surface area (Å²) in [4.78, 5) is 19.1. The third-order valence-electron chi connectivity index (χ3n) is 3.90. The van der Waals surface area contributed by atoms with Crippen molar-refractivity contribution >= 4 is 39.2 Å². The van der Waals surface area contributed by atoms with Crippen LogP contribution in [-0.2, 0) is 4.79 Å². The molecule has 3 nitrogen and oxygen atoms in total. The van der Waals surface area contributed by atoms with Crippen LogP contribution in [0.3, 0.4) is 0 Å². The van der Waals surface area contributed by atoms with Crippen molar-refractivity contribution in [3.63, 3.8) is 0 Å². The van der Waals surface area contributed by atoms with Gasteiger partial charge in [0.1, 0.15) is 5.01 Å². The van der Waals surface area contributed by atoms with E-state index in [2.05, 4.69) is 4.98 Å². The molecule has 2 aromatic carbocycles. The Labute approximate surface area is 152 Å². The molecule has 0 spiro atoms. The van der Waals surface area contributed by atoms with Gasteiger partial charge in [-0.1, -0.05) is 12.1 Å². The van der Waals surface area contributed by atoms with Crippen molar-refractivity contribution in [2.45, 2.75) is 17.9 Å². The van der Waals surface area contributed by atoms with Crippen LogP contribution in [0.2, 0.25) is 0 Å². The molecule has 3 rings (SSSR count). The largest absolute Gasteiger partial charge is 0.336 e. The molecular weight excluding hydrogens is 362 g/mol. The number of aromatic nitrogens is 1. The Morgan fingerprint density at radius 1 is 1.24 bits per heavy atom. The van der Waals surface area contributed by atoms with E-state index in [1.165, 1.54) is 17.8 Å². The number of thioether (sulfide) groups is 1. The van der Waals surface area contributed by atoms with Gasteiger partial charge in [0.25, 0.3) is 0 Å². The number of hydrogen-bond donors (Lipinski definition) is 0. The van der Waals surface area contributed by atoms with Gasteiger partial charge in [0, 0.05) is 11.9 Å². The lowest BCUT2D eigenvalue weighted by molar-refractivity contribution is -0.128. The topological polar surface area (TPSA) is 33.2 Å². The lowest BCUT2D eigenvalue weighted by Gasteiger charge is -2.23. The quantitative estimate of drug-likeness (QED) is 0.593. The number of halogens is 2. The minimum atomic E-state index is -0.909. The molecule has 0 bridgehead atoms. The highest BCUT2D eigenvalue weighted by Gasteiger charge is 2.20. The second kappa shape index (κ2) is 7.49. The summed E-state index contributed by atoms with van der Waals surface area (Å²) in [6.07, 6.45) is 0. The number of para-hydroxylation sites is 1. The third kappa shape index (κ3) is 3.99. The Balaban J connectivity index is 1.65. The van der Waals surface area contributed by atoms with E-state index in [4.69, 9.17) is 0 Å². The lowest BCUT2D eigenvalue weighted by Crippen LogP contribution is -2.31. The first-order valence-electron chi connectivity index (χ1n) is 7.64. The standard InChI is InChI=1S/C18H16F2N2OS2/c1-11(18-21-15-5-3-4-6-16(15)25-18)22(2)17(23)10-24-12-7-8-13(19)14(20)9-12/h3-9,11H,10H2,1-2H3/t11-/m0/s1. The first-order chi connectivity index (χ1) is 12.0. The molecule has 1 amide bonds. The van der Waals surface area contributed by atoms with Gasteiger partial charge in [-0.25, -0.2) is 13.8 Å². The Morgan fingerprint density at radius 2 is 2.00 bits per heavy atom. The number of hydrogen-bond acceptors (Lipinski definition) is 4. The van der Waals surface area contributed by atoms with E-state index in [0.29, 0.717) is 4.90 Å². The molecule has 0 aliphatic carbocycles. The van der Waals surface area contributed by atoms with Crippen LogP contribution in [0.4, 0.5) is 8.78 Å². The van der Waals surface area contributed by atoms with Crippen molar-refractivity contribution in [2.75, 3.05) is 12.8 Å². The molecule has 3 aromatic rings. The van der Waals surface area contributed by atoms with Gasteiger partial charge in [-0.05, 0) is 37.3 Å². The number of rotatable bonds is 5. The molecule has 0 radical (unpaired) electrons. The SMILES string of the molecule is C[C@@H](c1nc2ccccc2s1)N(C)C(=O)CSc1ccc(F)c(F)c1. The highest BCUT2D eigenvalue weighted by molar-refractivity contribution is 8.00. The molecule has 1 aromatic heterocycles. The smallest absolute Gasteiger partial charge is 0.233 e. The van der Waals surface area contributed by atoms with Crippen molar-refractivity contribution < 1.29 is 13.6 Å². The molecule has 0 fully saturated rings. The predicted octanol–water partition coefficient (Wildman–Crippen LogP) is 4.89. The van der Waals surface area contributed by atoms with E-state index >= 15 is 0 Å². The van der Waals surface area contributed by atoms with Gasteiger partial charge < -0.3 is 4.90 Å². The van der Waals surface area contributed by atoms with Gasteiger partial charge in [0.15, 0.2) is 11.6 Å². The molecule has 25 heavy (non-hydrogen) atoms. The Morgan fingerprint density at radius 3 is 2.72 bits per heavy atom. The van der Waals surface area contributed by atoms with E-state index in [1.54, 1.807) is 23.3 Å². The average molecular weight is 378 g/mol. The fourth-order valence-electron chi connectivity index (χ4n) is 2.26. The molecule has 0 aliphatic heterocycles. The fourth-order valence-corrected chi connectivity index (χ4v) is 4.17. The molecule has 0 saturated carbocycles. The first-order valence-corrected chi connectivity index (χ1v) is 9.45. The van der Waals surface area contributed by atoms with Crippen LogP contribution in [0.15, 0.2) is 47.4 Å². The Hall–Kier alpha value is -1.99. The van der Waals surface area contributed by atoms with Gasteiger partial charge in [0.05, 0.1) is 22.0 Å². The second-order valence-corrected chi connectivity index (χ2v) is 7.68. The molecule has 0 N–H and O–H groups in total. The first kappa shape index (κ1) is 17.8. The second-order valence-electron chi connectivity index (χ2n) is 5.57. The van der Waals surface area contributed by atoms with Gasteiger partial charge in [0.2, 0.25) is 5.91 Å². The third-order valence-corrected chi connectivity index (χ3v) is 6.08. The minimum absolute atomic E-state index is 0.0958. The van der Waals surface area contributed by atoms with E-state index in [1.807, 2.05) is 31.2 Å². The average Bonchev–Trinajstić information content (AvgIpc) is 3.05. The zero-order chi connectivity index (χ0) is 18.0. The number of nitrogens with zero attached hydrogens (tertiary/aromatic N) is 2. The van der Waals surface area contributed by atoms with Crippen molar-refractivity contribution in [1.82, 2.24) is 9.88 Å². The monoisotopic (exact) mass is 378 g/mol. The van der Waals surface area contributed by atoms with E-state index in [-0.39, 0.29) is 17.7 Å². The normalized spacial score (nSPS) is 12.3. The predicted molar refractivity (Wildman–Crippen MR) is 97.9 cm³/mol. The molecule has 0 aliphatic rings. The Bertz CT molecular complexity index is 880. The summed E-state index contributed by atoms with van der Waals surface area (Å²) >= 11 is 2.75. The van der Waals surface area contributed by atoms with Crippen LogP contribution in [0.1, 0.15) is 18.0 Å². The minimum Gasteiger partial charge on any atom is -0.336 e. The summed E-state index contributed by atoms with van der Waals surface area (Å²) in [6, 6.07) is 11.3. The molecule has 1 atom stereocenters. The van der Waals surface area contributed by atoms with Crippen LogP contribution in [0.5, 0.6) is 0 Å². The fraction of sp³-hybridized carbons (Fsp3) is 0.222. The number of carbonyl (C=O) groups excluding carboxylic acids is 1. The summed E-state index contributed by atoms with van der Waals surface area (Å²) in [5.41, 5.74) is 0.923. The number of amides is 1. The van der Waals surface area contributed by atoms with Gasteiger partial charge >= 0.3 is 0 Å². The summed E-state index contributed by atoms with van der Waals surface area (Å²) in [6.45, 7) is 1.93. The zero-order valence-electron chi connectivity index (χ0n) is 13.7. The van der Waals surface area contributed by atoms with Crippen LogP contribution < -0.4 is 0 Å². The van der Waals surface area contributed by atoms with E-state index in [9.17, 15) is 13.6 Å². The molecule has 7 heteroatoms. The molecule has 0 saturated heterocycles. The number of benzene rings is 2. The summed E-state index contributed by atoms with van der Waals surface area (Å²) in [5.74, 6) is -1.75. The molecule has 130 valence electrons. The van der Waals surface area contributed by atoms with Crippen molar-refractivity contribution in [3.8, 4) is 0 Å².